The summed E-state index contributed by atoms with van der Waals surface area (Å²) in [6.45, 7) is 4.32. The van der Waals surface area contributed by atoms with Gasteiger partial charge in [0.25, 0.3) is 5.91 Å². The minimum absolute atomic E-state index is 0.00966. The van der Waals surface area contributed by atoms with Crippen LogP contribution in [0.5, 0.6) is 0 Å². The molecule has 4 nitrogen and oxygen atoms in total. The number of hydrogen-bond donors (Lipinski definition) is 1. The first-order valence-corrected chi connectivity index (χ1v) is 6.70. The highest BCUT2D eigenvalue weighted by Gasteiger charge is 2.19. The van der Waals surface area contributed by atoms with Crippen molar-refractivity contribution in [2.45, 2.75) is 19.9 Å². The molecule has 0 bridgehead atoms. The van der Waals surface area contributed by atoms with Gasteiger partial charge in [0.05, 0.1) is 12.2 Å². The van der Waals surface area contributed by atoms with Crippen molar-refractivity contribution in [1.82, 2.24) is 4.90 Å². The predicted octanol–water partition coefficient (Wildman–Crippen LogP) is 1.67. The maximum Gasteiger partial charge on any atom is 0.254 e. The predicted molar refractivity (Wildman–Crippen MR) is 78.4 cm³/mol. The van der Waals surface area contributed by atoms with E-state index in [-0.39, 0.29) is 29.7 Å². The second-order valence-corrected chi connectivity index (χ2v) is 4.74. The minimum Gasteiger partial charge on any atom is -0.384 e. The van der Waals surface area contributed by atoms with Crippen molar-refractivity contribution in [3.63, 3.8) is 0 Å². The Morgan fingerprint density at radius 2 is 2.19 bits per heavy atom. The molecule has 1 N–H and O–H groups in total. The number of rotatable bonds is 5. The van der Waals surface area contributed by atoms with Crippen LogP contribution < -0.4 is 0 Å². The third kappa shape index (κ3) is 4.85. The van der Waals surface area contributed by atoms with Crippen molar-refractivity contribution in [1.29, 1.82) is 0 Å². The maximum atomic E-state index is 13.9. The molecule has 0 unspecified atom stereocenters. The van der Waals surface area contributed by atoms with Crippen molar-refractivity contribution < 1.29 is 19.0 Å². The van der Waals surface area contributed by atoms with Crippen molar-refractivity contribution in [3.05, 3.63) is 35.1 Å². The second-order valence-electron chi connectivity index (χ2n) is 4.74. The van der Waals surface area contributed by atoms with Gasteiger partial charge in [-0.3, -0.25) is 4.79 Å². The van der Waals surface area contributed by atoms with Gasteiger partial charge in [-0.1, -0.05) is 11.8 Å². The van der Waals surface area contributed by atoms with Crippen LogP contribution in [0.4, 0.5) is 4.39 Å². The van der Waals surface area contributed by atoms with Gasteiger partial charge in [0.1, 0.15) is 12.4 Å². The van der Waals surface area contributed by atoms with Gasteiger partial charge in [0.2, 0.25) is 0 Å². The van der Waals surface area contributed by atoms with Crippen LogP contribution in [0, 0.1) is 17.7 Å². The number of nitrogens with zero attached hydrogens (tertiary/aromatic N) is 1. The molecule has 1 aromatic carbocycles. The highest BCUT2D eigenvalue weighted by molar-refractivity contribution is 5.94. The molecule has 1 amide bonds. The van der Waals surface area contributed by atoms with Gasteiger partial charge < -0.3 is 14.7 Å². The molecule has 0 atom stereocenters. The molecular formula is C16H20FNO3. The van der Waals surface area contributed by atoms with E-state index in [2.05, 4.69) is 11.8 Å². The zero-order valence-corrected chi connectivity index (χ0v) is 12.5. The molecule has 0 radical (unpaired) electrons. The molecule has 5 heteroatoms. The van der Waals surface area contributed by atoms with Gasteiger partial charge in [-0.05, 0) is 32.0 Å². The van der Waals surface area contributed by atoms with E-state index >= 15 is 0 Å². The lowest BCUT2D eigenvalue weighted by atomic mass is 10.1. The summed E-state index contributed by atoms with van der Waals surface area (Å²) in [7, 11) is 1.57. The number of halogens is 1. The van der Waals surface area contributed by atoms with Crippen molar-refractivity contribution in [2.75, 3.05) is 26.9 Å². The Kier molecular flexibility index (Phi) is 6.86. The average Bonchev–Trinajstić information content (AvgIpc) is 2.45. The van der Waals surface area contributed by atoms with Gasteiger partial charge >= 0.3 is 0 Å². The summed E-state index contributed by atoms with van der Waals surface area (Å²) in [5.41, 5.74) is 0.431. The molecule has 0 aliphatic rings. The number of benzene rings is 1. The van der Waals surface area contributed by atoms with E-state index in [0.29, 0.717) is 13.2 Å². The monoisotopic (exact) mass is 293 g/mol. The lowest BCUT2D eigenvalue weighted by Gasteiger charge is -2.26. The van der Waals surface area contributed by atoms with E-state index in [0.717, 1.165) is 0 Å². The van der Waals surface area contributed by atoms with E-state index in [9.17, 15) is 9.18 Å². The Morgan fingerprint density at radius 3 is 2.71 bits per heavy atom. The normalized spacial score (nSPS) is 10.2. The summed E-state index contributed by atoms with van der Waals surface area (Å²) < 4.78 is 18.9. The van der Waals surface area contributed by atoms with Crippen LogP contribution in [0.25, 0.3) is 0 Å². The van der Waals surface area contributed by atoms with Gasteiger partial charge in [-0.2, -0.15) is 0 Å². The van der Waals surface area contributed by atoms with Crippen LogP contribution in [0.15, 0.2) is 18.2 Å². The molecule has 114 valence electrons. The number of amides is 1. The lowest BCUT2D eigenvalue weighted by Crippen LogP contribution is -2.39. The van der Waals surface area contributed by atoms with Crippen molar-refractivity contribution in [2.24, 2.45) is 0 Å². The SMILES string of the molecule is COCCN(C(=O)c1ccc(C#CCO)c(F)c1)C(C)C. The summed E-state index contributed by atoms with van der Waals surface area (Å²) in [6.07, 6.45) is 0. The highest BCUT2D eigenvalue weighted by atomic mass is 19.1. The molecule has 0 spiro atoms. The first kappa shape index (κ1) is 17.2. The average molecular weight is 293 g/mol. The summed E-state index contributed by atoms with van der Waals surface area (Å²) in [4.78, 5) is 14.0. The first-order valence-electron chi connectivity index (χ1n) is 6.70. The molecule has 1 rings (SSSR count). The summed E-state index contributed by atoms with van der Waals surface area (Å²) in [6, 6.07) is 4.14. The summed E-state index contributed by atoms with van der Waals surface area (Å²) in [5.74, 6) is 4.05. The van der Waals surface area contributed by atoms with E-state index in [1.165, 1.54) is 18.2 Å². The summed E-state index contributed by atoms with van der Waals surface area (Å²) in [5, 5.41) is 8.61. The Bertz CT molecular complexity index is 546. The molecule has 0 saturated carbocycles. The van der Waals surface area contributed by atoms with Crippen LogP contribution in [-0.2, 0) is 4.74 Å². The molecule has 1 aromatic rings. The van der Waals surface area contributed by atoms with Gasteiger partial charge in [-0.25, -0.2) is 4.39 Å². The first-order chi connectivity index (χ1) is 10.0. The second kappa shape index (κ2) is 8.40. The fraction of sp³-hybridized carbons (Fsp3) is 0.438. The largest absolute Gasteiger partial charge is 0.384 e. The number of methoxy groups -OCH3 is 1. The van der Waals surface area contributed by atoms with E-state index in [4.69, 9.17) is 9.84 Å². The van der Waals surface area contributed by atoms with Gasteiger partial charge in [-0.15, -0.1) is 0 Å². The number of carbonyl (C=O) groups excluding carboxylic acids is 1. The van der Waals surface area contributed by atoms with E-state index in [1.54, 1.807) is 12.0 Å². The van der Waals surface area contributed by atoms with Crippen LogP contribution in [-0.4, -0.2) is 48.8 Å². The van der Waals surface area contributed by atoms with Crippen molar-refractivity contribution in [3.8, 4) is 11.8 Å². The Hall–Kier alpha value is -1.90. The third-order valence-corrected chi connectivity index (χ3v) is 2.94. The quantitative estimate of drug-likeness (QED) is 0.840. The minimum atomic E-state index is -0.572. The summed E-state index contributed by atoms with van der Waals surface area (Å²) >= 11 is 0. The number of aliphatic hydroxyl groups excluding tert-OH is 1. The molecule has 21 heavy (non-hydrogen) atoms. The molecule has 0 aromatic heterocycles. The molecule has 0 aliphatic carbocycles. The van der Waals surface area contributed by atoms with Crippen molar-refractivity contribution >= 4 is 5.91 Å². The number of aliphatic hydroxyl groups is 1. The standard InChI is InChI=1S/C16H20FNO3/c1-12(2)18(8-10-21-3)16(20)14-7-6-13(5-4-9-19)15(17)11-14/h6-7,11-12,19H,8-10H2,1-3H3. The number of carbonyl (C=O) groups is 1. The van der Waals surface area contributed by atoms with Crippen LogP contribution in [0.1, 0.15) is 29.8 Å². The van der Waals surface area contributed by atoms with E-state index < -0.39 is 5.82 Å². The Morgan fingerprint density at radius 1 is 1.48 bits per heavy atom. The Labute approximate surface area is 124 Å². The molecule has 0 aliphatic heterocycles. The number of ether oxygens (including phenoxy) is 1. The molecule has 0 fully saturated rings. The fourth-order valence-corrected chi connectivity index (χ4v) is 1.83. The van der Waals surface area contributed by atoms with E-state index in [1.807, 2.05) is 13.8 Å². The smallest absolute Gasteiger partial charge is 0.254 e. The maximum absolute atomic E-state index is 13.9. The van der Waals surface area contributed by atoms with Crippen LogP contribution in [0.3, 0.4) is 0 Å². The topological polar surface area (TPSA) is 49.8 Å². The molecule has 0 saturated heterocycles. The molecular weight excluding hydrogens is 273 g/mol. The van der Waals surface area contributed by atoms with Crippen LogP contribution >= 0.6 is 0 Å². The van der Waals surface area contributed by atoms with Crippen LogP contribution in [0.2, 0.25) is 0 Å². The zero-order chi connectivity index (χ0) is 15.8. The molecule has 0 heterocycles. The zero-order valence-electron chi connectivity index (χ0n) is 12.5. The highest BCUT2D eigenvalue weighted by Crippen LogP contribution is 2.13. The fourth-order valence-electron chi connectivity index (χ4n) is 1.83. The Balaban J connectivity index is 2.98. The number of hydrogen-bond acceptors (Lipinski definition) is 3. The van der Waals surface area contributed by atoms with Gasteiger partial charge in [0.15, 0.2) is 0 Å². The lowest BCUT2D eigenvalue weighted by molar-refractivity contribution is 0.0634. The third-order valence-electron chi connectivity index (χ3n) is 2.94. The van der Waals surface area contributed by atoms with Gasteiger partial charge in [0, 0.05) is 25.3 Å².